The minimum Gasteiger partial charge on any atom is -0.348 e. The molecule has 1 aliphatic rings. The lowest BCUT2D eigenvalue weighted by Crippen LogP contribution is -2.26. The lowest BCUT2D eigenvalue weighted by Gasteiger charge is -2.15. The second-order valence-corrected chi connectivity index (χ2v) is 8.54. The van der Waals surface area contributed by atoms with Crippen LogP contribution in [0.3, 0.4) is 0 Å². The largest absolute Gasteiger partial charge is 0.348 e. The number of rotatable bonds is 6. The smallest absolute Gasteiger partial charge is 0.251 e. The molecule has 164 valence electrons. The molecular formula is C27H29N3O2. The van der Waals surface area contributed by atoms with Crippen molar-refractivity contribution < 1.29 is 9.59 Å². The van der Waals surface area contributed by atoms with Gasteiger partial charge in [-0.25, -0.2) is 0 Å². The summed E-state index contributed by atoms with van der Waals surface area (Å²) in [6.07, 6.45) is 0.780. The zero-order valence-electron chi connectivity index (χ0n) is 18.9. The topological polar surface area (TPSA) is 52.7 Å². The van der Waals surface area contributed by atoms with E-state index in [-0.39, 0.29) is 11.8 Å². The normalized spacial score (nSPS) is 12.7. The molecule has 1 N–H and O–H groups in total. The number of carbonyl (C=O) groups is 2. The van der Waals surface area contributed by atoms with Crippen molar-refractivity contribution in [3.63, 3.8) is 0 Å². The number of hydrogen-bond donors (Lipinski definition) is 1. The SMILES string of the molecule is CC(=O)N1CCc2cc(C(=O)NCc3ccccc3-c3ccc(CN(C)C)cc3)ccc21. The summed E-state index contributed by atoms with van der Waals surface area (Å²) in [5, 5.41) is 3.06. The Bertz CT molecular complexity index is 1140. The molecule has 3 aromatic rings. The quantitative estimate of drug-likeness (QED) is 0.640. The molecule has 5 heteroatoms. The van der Waals surface area contributed by atoms with Gasteiger partial charge in [0.2, 0.25) is 5.91 Å². The van der Waals surface area contributed by atoms with Crippen molar-refractivity contribution in [3.8, 4) is 11.1 Å². The van der Waals surface area contributed by atoms with Crippen LogP contribution in [-0.4, -0.2) is 37.4 Å². The predicted octanol–water partition coefficient (Wildman–Crippen LogP) is 4.25. The van der Waals surface area contributed by atoms with Gasteiger partial charge in [0.05, 0.1) is 0 Å². The van der Waals surface area contributed by atoms with Crippen LogP contribution >= 0.6 is 0 Å². The first-order valence-corrected chi connectivity index (χ1v) is 10.9. The van der Waals surface area contributed by atoms with Crippen LogP contribution in [0.4, 0.5) is 5.69 Å². The molecule has 0 atom stereocenters. The molecule has 0 bridgehead atoms. The molecule has 5 nitrogen and oxygen atoms in total. The van der Waals surface area contributed by atoms with Crippen LogP contribution in [-0.2, 0) is 24.3 Å². The van der Waals surface area contributed by atoms with Gasteiger partial charge in [0.25, 0.3) is 5.91 Å². The van der Waals surface area contributed by atoms with Gasteiger partial charge in [-0.1, -0.05) is 48.5 Å². The van der Waals surface area contributed by atoms with Gasteiger partial charge in [0.15, 0.2) is 0 Å². The third kappa shape index (κ3) is 4.73. The fraction of sp³-hybridized carbons (Fsp3) is 0.259. The van der Waals surface area contributed by atoms with Gasteiger partial charge < -0.3 is 15.1 Å². The summed E-state index contributed by atoms with van der Waals surface area (Å²) < 4.78 is 0. The summed E-state index contributed by atoms with van der Waals surface area (Å²) >= 11 is 0. The number of anilines is 1. The Kier molecular flexibility index (Phi) is 6.37. The van der Waals surface area contributed by atoms with Crippen molar-refractivity contribution in [2.45, 2.75) is 26.4 Å². The van der Waals surface area contributed by atoms with Crippen LogP contribution in [0, 0.1) is 0 Å². The molecular weight excluding hydrogens is 398 g/mol. The molecule has 0 saturated carbocycles. The molecule has 0 radical (unpaired) electrons. The van der Waals surface area contributed by atoms with E-state index in [0.717, 1.165) is 40.9 Å². The number of fused-ring (bicyclic) bond motifs is 1. The summed E-state index contributed by atoms with van der Waals surface area (Å²) in [5.41, 5.74) is 7.19. The molecule has 4 rings (SSSR count). The Morgan fingerprint density at radius 3 is 2.47 bits per heavy atom. The number of amides is 2. The third-order valence-corrected chi connectivity index (χ3v) is 5.84. The average molecular weight is 428 g/mol. The van der Waals surface area contributed by atoms with Crippen LogP contribution in [0.1, 0.15) is 34.0 Å². The van der Waals surface area contributed by atoms with Gasteiger partial charge in [0.1, 0.15) is 0 Å². The molecule has 0 aliphatic carbocycles. The Morgan fingerprint density at radius 2 is 1.75 bits per heavy atom. The summed E-state index contributed by atoms with van der Waals surface area (Å²) in [6.45, 7) is 3.60. The monoisotopic (exact) mass is 427 g/mol. The minimum absolute atomic E-state index is 0.0345. The van der Waals surface area contributed by atoms with Crippen molar-refractivity contribution in [2.24, 2.45) is 0 Å². The second-order valence-electron chi connectivity index (χ2n) is 8.54. The van der Waals surface area contributed by atoms with Crippen LogP contribution in [0.5, 0.6) is 0 Å². The molecule has 1 aliphatic heterocycles. The number of hydrogen-bond acceptors (Lipinski definition) is 3. The fourth-order valence-corrected chi connectivity index (χ4v) is 4.26. The van der Waals surface area contributed by atoms with Crippen molar-refractivity contribution in [1.29, 1.82) is 0 Å². The molecule has 0 aromatic heterocycles. The maximum Gasteiger partial charge on any atom is 0.251 e. The molecule has 0 fully saturated rings. The van der Waals surface area contributed by atoms with Crippen LogP contribution in [0.15, 0.2) is 66.7 Å². The maximum atomic E-state index is 12.8. The lowest BCUT2D eigenvalue weighted by atomic mass is 9.98. The Balaban J connectivity index is 1.47. The molecule has 0 unspecified atom stereocenters. The van der Waals surface area contributed by atoms with Crippen molar-refractivity contribution in [2.75, 3.05) is 25.5 Å². The Morgan fingerprint density at radius 1 is 1.00 bits per heavy atom. The fourth-order valence-electron chi connectivity index (χ4n) is 4.26. The van der Waals surface area contributed by atoms with Gasteiger partial charge in [-0.2, -0.15) is 0 Å². The minimum atomic E-state index is -0.106. The summed E-state index contributed by atoms with van der Waals surface area (Å²) in [5.74, 6) is -0.0717. The van der Waals surface area contributed by atoms with Crippen LogP contribution in [0.2, 0.25) is 0 Å². The number of benzene rings is 3. The van der Waals surface area contributed by atoms with E-state index >= 15 is 0 Å². The standard InChI is InChI=1S/C27H29N3O2/c1-19(31)30-15-14-22-16-23(12-13-26(22)30)27(32)28-17-24-6-4-5-7-25(24)21-10-8-20(9-11-21)18-29(2)3/h4-13,16H,14-15,17-18H2,1-3H3,(H,28,32). The Hall–Kier alpha value is -3.44. The van der Waals surface area contributed by atoms with E-state index in [0.29, 0.717) is 18.7 Å². The van der Waals surface area contributed by atoms with E-state index in [1.165, 1.54) is 5.56 Å². The van der Waals surface area contributed by atoms with Gasteiger partial charge in [-0.05, 0) is 66.5 Å². The number of nitrogens with one attached hydrogen (secondary N) is 1. The number of carbonyl (C=O) groups excluding carboxylic acids is 2. The summed E-state index contributed by atoms with van der Waals surface area (Å²) in [7, 11) is 4.12. The maximum absolute atomic E-state index is 12.8. The van der Waals surface area contributed by atoms with Gasteiger partial charge in [0, 0.05) is 37.8 Å². The summed E-state index contributed by atoms with van der Waals surface area (Å²) in [4.78, 5) is 28.5. The highest BCUT2D eigenvalue weighted by atomic mass is 16.2. The highest BCUT2D eigenvalue weighted by molar-refractivity contribution is 5.97. The van der Waals surface area contributed by atoms with E-state index in [1.807, 2.05) is 24.3 Å². The average Bonchev–Trinajstić information content (AvgIpc) is 3.21. The zero-order valence-corrected chi connectivity index (χ0v) is 18.9. The molecule has 0 spiro atoms. The zero-order chi connectivity index (χ0) is 22.7. The van der Waals surface area contributed by atoms with Gasteiger partial charge in [-0.15, -0.1) is 0 Å². The molecule has 0 saturated heterocycles. The van der Waals surface area contributed by atoms with Gasteiger partial charge >= 0.3 is 0 Å². The molecule has 3 aromatic carbocycles. The first-order chi connectivity index (χ1) is 15.4. The Labute approximate surface area is 189 Å². The third-order valence-electron chi connectivity index (χ3n) is 5.84. The van der Waals surface area contributed by atoms with Gasteiger partial charge in [-0.3, -0.25) is 9.59 Å². The first-order valence-electron chi connectivity index (χ1n) is 10.9. The molecule has 2 amide bonds. The van der Waals surface area contributed by atoms with Crippen molar-refractivity contribution in [1.82, 2.24) is 10.2 Å². The van der Waals surface area contributed by atoms with Crippen LogP contribution < -0.4 is 10.2 Å². The highest BCUT2D eigenvalue weighted by Crippen LogP contribution is 2.29. The van der Waals surface area contributed by atoms with E-state index in [4.69, 9.17) is 0 Å². The van der Waals surface area contributed by atoms with Crippen molar-refractivity contribution >= 4 is 17.5 Å². The highest BCUT2D eigenvalue weighted by Gasteiger charge is 2.23. The first kappa shape index (κ1) is 21.8. The van der Waals surface area contributed by atoms with Crippen molar-refractivity contribution in [3.05, 3.63) is 89.0 Å². The summed E-state index contributed by atoms with van der Waals surface area (Å²) in [6, 6.07) is 22.3. The lowest BCUT2D eigenvalue weighted by molar-refractivity contribution is -0.116. The number of nitrogens with zero attached hydrogens (tertiary/aromatic N) is 2. The predicted molar refractivity (Wildman–Crippen MR) is 129 cm³/mol. The van der Waals surface area contributed by atoms with E-state index < -0.39 is 0 Å². The van der Waals surface area contributed by atoms with E-state index in [2.05, 4.69) is 60.7 Å². The second kappa shape index (κ2) is 9.37. The van der Waals surface area contributed by atoms with Crippen LogP contribution in [0.25, 0.3) is 11.1 Å². The van der Waals surface area contributed by atoms with E-state index in [1.54, 1.807) is 17.9 Å². The molecule has 1 heterocycles. The van der Waals surface area contributed by atoms with E-state index in [9.17, 15) is 9.59 Å². The molecule has 32 heavy (non-hydrogen) atoms.